The zero-order valence-electron chi connectivity index (χ0n) is 14.6. The fourth-order valence-electron chi connectivity index (χ4n) is 3.11. The van der Waals surface area contributed by atoms with Crippen LogP contribution in [0, 0.1) is 10.1 Å². The topological polar surface area (TPSA) is 101 Å². The number of benzene rings is 2. The van der Waals surface area contributed by atoms with Crippen LogP contribution in [0.5, 0.6) is 0 Å². The first-order chi connectivity index (χ1) is 13.5. The van der Waals surface area contributed by atoms with Gasteiger partial charge in [0.05, 0.1) is 27.3 Å². The third-order valence-corrected chi connectivity index (χ3v) is 4.82. The number of carbonyl (C=O) groups excluding carboxylic acids is 1. The van der Waals surface area contributed by atoms with Crippen molar-refractivity contribution in [2.75, 3.05) is 5.32 Å². The molecule has 140 valence electrons. The number of pyridine rings is 1. The van der Waals surface area contributed by atoms with Gasteiger partial charge < -0.3 is 10.3 Å². The van der Waals surface area contributed by atoms with Crippen LogP contribution in [0.4, 0.5) is 11.4 Å². The lowest BCUT2D eigenvalue weighted by atomic mass is 10.1. The Morgan fingerprint density at radius 1 is 1.14 bits per heavy atom. The quantitative estimate of drug-likeness (QED) is 0.373. The lowest BCUT2D eigenvalue weighted by Crippen LogP contribution is -2.13. The van der Waals surface area contributed by atoms with Gasteiger partial charge in [0.25, 0.3) is 5.69 Å². The number of H-pyrrole nitrogens is 1. The normalized spacial score (nSPS) is 11.0. The summed E-state index contributed by atoms with van der Waals surface area (Å²) in [4.78, 5) is 30.3. The van der Waals surface area contributed by atoms with Crippen molar-refractivity contribution in [1.82, 2.24) is 9.97 Å². The van der Waals surface area contributed by atoms with E-state index in [2.05, 4.69) is 15.3 Å². The Balaban J connectivity index is 1.48. The summed E-state index contributed by atoms with van der Waals surface area (Å²) in [7, 11) is 0. The summed E-state index contributed by atoms with van der Waals surface area (Å²) in [6, 6.07) is 13.9. The van der Waals surface area contributed by atoms with Crippen LogP contribution in [0.15, 0.2) is 54.7 Å². The molecular formula is C20H15ClN4O3. The van der Waals surface area contributed by atoms with E-state index in [-0.39, 0.29) is 28.7 Å². The van der Waals surface area contributed by atoms with E-state index >= 15 is 0 Å². The first-order valence-corrected chi connectivity index (χ1v) is 8.98. The molecule has 1 amide bonds. The largest absolute Gasteiger partial charge is 0.353 e. The van der Waals surface area contributed by atoms with Crippen molar-refractivity contribution in [2.24, 2.45) is 0 Å². The number of nitro benzene ring substituents is 1. The molecule has 2 aromatic carbocycles. The Morgan fingerprint density at radius 3 is 2.79 bits per heavy atom. The molecule has 7 nitrogen and oxygen atoms in total. The van der Waals surface area contributed by atoms with E-state index in [0.29, 0.717) is 6.42 Å². The molecule has 0 unspecified atom stereocenters. The zero-order chi connectivity index (χ0) is 19.7. The van der Waals surface area contributed by atoms with Crippen LogP contribution in [0.1, 0.15) is 12.1 Å². The Hall–Kier alpha value is -3.45. The van der Waals surface area contributed by atoms with E-state index in [4.69, 9.17) is 11.6 Å². The van der Waals surface area contributed by atoms with Crippen LogP contribution < -0.4 is 5.32 Å². The van der Waals surface area contributed by atoms with Crippen LogP contribution in [-0.2, 0) is 11.2 Å². The maximum absolute atomic E-state index is 12.3. The molecule has 0 bridgehead atoms. The van der Waals surface area contributed by atoms with Crippen molar-refractivity contribution in [2.45, 2.75) is 12.8 Å². The molecule has 0 saturated carbocycles. The number of aromatic nitrogens is 2. The molecule has 2 aromatic heterocycles. The van der Waals surface area contributed by atoms with Gasteiger partial charge in [-0.1, -0.05) is 29.8 Å². The van der Waals surface area contributed by atoms with E-state index in [1.807, 2.05) is 30.3 Å². The third kappa shape index (κ3) is 3.52. The maximum Gasteiger partial charge on any atom is 0.271 e. The molecule has 0 atom stereocenters. The van der Waals surface area contributed by atoms with Gasteiger partial charge in [-0.2, -0.15) is 0 Å². The Kier molecular flexibility index (Phi) is 4.67. The molecule has 28 heavy (non-hydrogen) atoms. The summed E-state index contributed by atoms with van der Waals surface area (Å²) in [5.41, 5.74) is 2.86. The molecule has 2 N–H and O–H groups in total. The number of carbonyl (C=O) groups is 1. The predicted molar refractivity (Wildman–Crippen MR) is 109 cm³/mol. The number of fused-ring (bicyclic) bond motifs is 3. The number of aryl methyl sites for hydroxylation is 1. The fourth-order valence-corrected chi connectivity index (χ4v) is 3.27. The lowest BCUT2D eigenvalue weighted by Gasteiger charge is -2.07. The second kappa shape index (κ2) is 7.28. The summed E-state index contributed by atoms with van der Waals surface area (Å²) in [6.45, 7) is 0. The summed E-state index contributed by atoms with van der Waals surface area (Å²) < 4.78 is 0. The first kappa shape index (κ1) is 17.9. The summed E-state index contributed by atoms with van der Waals surface area (Å²) in [5, 5.41) is 15.9. The molecule has 2 heterocycles. The first-order valence-electron chi connectivity index (χ1n) is 8.60. The minimum atomic E-state index is -0.535. The van der Waals surface area contributed by atoms with Crippen LogP contribution in [0.25, 0.3) is 21.8 Å². The van der Waals surface area contributed by atoms with E-state index in [0.717, 1.165) is 27.5 Å². The van der Waals surface area contributed by atoms with E-state index in [1.54, 1.807) is 6.20 Å². The minimum absolute atomic E-state index is 0.133. The van der Waals surface area contributed by atoms with Crippen molar-refractivity contribution in [1.29, 1.82) is 0 Å². The third-order valence-electron chi connectivity index (χ3n) is 4.49. The molecule has 0 spiro atoms. The number of non-ortho nitro benzene ring substituents is 1. The lowest BCUT2D eigenvalue weighted by molar-refractivity contribution is -0.384. The molecule has 0 aliphatic carbocycles. The fraction of sp³-hybridized carbons (Fsp3) is 0.100. The molecule has 4 rings (SSSR count). The number of nitro groups is 1. The van der Waals surface area contributed by atoms with Gasteiger partial charge in [-0.3, -0.25) is 19.9 Å². The highest BCUT2D eigenvalue weighted by Gasteiger charge is 2.13. The van der Waals surface area contributed by atoms with Gasteiger partial charge in [0.1, 0.15) is 0 Å². The van der Waals surface area contributed by atoms with E-state index in [1.165, 1.54) is 18.2 Å². The monoisotopic (exact) mass is 394 g/mol. The Labute approximate surface area is 164 Å². The van der Waals surface area contributed by atoms with Crippen molar-refractivity contribution in [3.8, 4) is 0 Å². The predicted octanol–water partition coefficient (Wildman–Crippen LogP) is 4.85. The highest BCUT2D eigenvalue weighted by molar-refractivity contribution is 6.33. The molecule has 0 aliphatic rings. The van der Waals surface area contributed by atoms with Gasteiger partial charge in [0.15, 0.2) is 0 Å². The zero-order valence-corrected chi connectivity index (χ0v) is 15.4. The number of aromatic amines is 1. The van der Waals surface area contributed by atoms with E-state index < -0.39 is 4.92 Å². The van der Waals surface area contributed by atoms with Crippen LogP contribution in [0.2, 0.25) is 5.02 Å². The second-order valence-corrected chi connectivity index (χ2v) is 6.77. The number of nitrogens with zero attached hydrogens (tertiary/aromatic N) is 2. The minimum Gasteiger partial charge on any atom is -0.353 e. The van der Waals surface area contributed by atoms with Crippen LogP contribution >= 0.6 is 11.6 Å². The van der Waals surface area contributed by atoms with Gasteiger partial charge in [-0.25, -0.2) is 0 Å². The number of halogens is 1. The van der Waals surface area contributed by atoms with Crippen LogP contribution in [0.3, 0.4) is 0 Å². The molecule has 0 saturated heterocycles. The van der Waals surface area contributed by atoms with Crippen molar-refractivity contribution >= 4 is 50.7 Å². The Morgan fingerprint density at radius 2 is 1.96 bits per heavy atom. The average molecular weight is 395 g/mol. The molecule has 0 aliphatic heterocycles. The number of hydrogen-bond acceptors (Lipinski definition) is 4. The number of rotatable bonds is 5. The van der Waals surface area contributed by atoms with Crippen molar-refractivity contribution in [3.63, 3.8) is 0 Å². The van der Waals surface area contributed by atoms with Gasteiger partial charge in [-0.05, 0) is 24.6 Å². The van der Waals surface area contributed by atoms with Crippen molar-refractivity contribution in [3.05, 3.63) is 75.6 Å². The summed E-state index contributed by atoms with van der Waals surface area (Å²) >= 11 is 6.02. The van der Waals surface area contributed by atoms with Crippen molar-refractivity contribution < 1.29 is 9.72 Å². The molecule has 0 radical (unpaired) electrons. The summed E-state index contributed by atoms with van der Waals surface area (Å²) in [6.07, 6.45) is 2.38. The standard InChI is InChI=1S/C20H15ClN4O3/c21-16-7-6-13(25(27)28)10-18(16)24-20(26)8-5-12-9-15-14-3-1-2-4-17(14)23-19(15)11-22-12/h1-4,6-7,9-11,23H,5,8H2,(H,24,26). The molecule has 4 aromatic rings. The highest BCUT2D eigenvalue weighted by atomic mass is 35.5. The highest BCUT2D eigenvalue weighted by Crippen LogP contribution is 2.27. The molecular weight excluding hydrogens is 380 g/mol. The molecule has 8 heteroatoms. The number of nitrogens with one attached hydrogen (secondary N) is 2. The smallest absolute Gasteiger partial charge is 0.271 e. The van der Waals surface area contributed by atoms with Crippen LogP contribution in [-0.4, -0.2) is 20.8 Å². The van der Waals surface area contributed by atoms with Gasteiger partial charge >= 0.3 is 0 Å². The Bertz CT molecular complexity index is 1220. The van der Waals surface area contributed by atoms with Gasteiger partial charge in [0, 0.05) is 40.5 Å². The summed E-state index contributed by atoms with van der Waals surface area (Å²) in [5.74, 6) is -0.289. The maximum atomic E-state index is 12.3. The molecule has 0 fully saturated rings. The second-order valence-electron chi connectivity index (χ2n) is 6.36. The van der Waals surface area contributed by atoms with Gasteiger partial charge in [0.2, 0.25) is 5.91 Å². The number of hydrogen-bond donors (Lipinski definition) is 2. The number of amides is 1. The number of anilines is 1. The SMILES string of the molecule is O=C(CCc1cc2c(cn1)[nH]c1ccccc12)Nc1cc([N+](=O)[O-])ccc1Cl. The van der Waals surface area contributed by atoms with E-state index in [9.17, 15) is 14.9 Å². The average Bonchev–Trinajstić information content (AvgIpc) is 3.06. The van der Waals surface area contributed by atoms with Gasteiger partial charge in [-0.15, -0.1) is 0 Å². The number of para-hydroxylation sites is 1.